The summed E-state index contributed by atoms with van der Waals surface area (Å²) < 4.78 is 5.24. The number of carbonyl (C=O) groups is 2. The maximum atomic E-state index is 11.9. The van der Waals surface area contributed by atoms with Crippen molar-refractivity contribution in [3.63, 3.8) is 0 Å². The van der Waals surface area contributed by atoms with Gasteiger partial charge in [-0.2, -0.15) is 0 Å². The monoisotopic (exact) mass is 263 g/mol. The molecule has 1 amide bonds. The van der Waals surface area contributed by atoms with Crippen LogP contribution in [0.25, 0.3) is 0 Å². The van der Waals surface area contributed by atoms with Gasteiger partial charge in [-0.25, -0.2) is 4.79 Å². The molecule has 1 aliphatic heterocycles. The summed E-state index contributed by atoms with van der Waals surface area (Å²) in [6, 6.07) is 8.32. The number of hydrogen-bond acceptors (Lipinski definition) is 3. The number of hydrogen-bond donors (Lipinski definition) is 2. The quantitative estimate of drug-likeness (QED) is 0.830. The third-order valence-corrected chi connectivity index (χ3v) is 3.12. The number of nitrogens with one attached hydrogen (secondary N) is 1. The Morgan fingerprint density at radius 3 is 2.68 bits per heavy atom. The van der Waals surface area contributed by atoms with Crippen molar-refractivity contribution in [2.24, 2.45) is 0 Å². The molecule has 2 rings (SSSR count). The molecular formula is C14H17NO4. The Labute approximate surface area is 111 Å². The zero-order valence-electron chi connectivity index (χ0n) is 10.5. The van der Waals surface area contributed by atoms with E-state index in [2.05, 4.69) is 5.32 Å². The molecule has 0 radical (unpaired) electrons. The maximum Gasteiger partial charge on any atom is 0.326 e. The zero-order chi connectivity index (χ0) is 13.7. The third kappa shape index (κ3) is 3.79. The van der Waals surface area contributed by atoms with E-state index in [4.69, 9.17) is 4.74 Å². The van der Waals surface area contributed by atoms with Crippen LogP contribution in [0.3, 0.4) is 0 Å². The van der Waals surface area contributed by atoms with Crippen LogP contribution in [0.4, 0.5) is 0 Å². The van der Waals surface area contributed by atoms with Crippen LogP contribution in [0.2, 0.25) is 0 Å². The second-order valence-corrected chi connectivity index (χ2v) is 4.59. The second-order valence-electron chi connectivity index (χ2n) is 4.59. The van der Waals surface area contributed by atoms with Gasteiger partial charge in [0.25, 0.3) is 0 Å². The lowest BCUT2D eigenvalue weighted by Gasteiger charge is -2.17. The lowest BCUT2D eigenvalue weighted by molar-refractivity contribution is -0.143. The predicted octanol–water partition coefficient (Wildman–Crippen LogP) is 0.977. The van der Waals surface area contributed by atoms with Crippen molar-refractivity contribution in [1.82, 2.24) is 5.32 Å². The van der Waals surface area contributed by atoms with Gasteiger partial charge in [0.05, 0.1) is 0 Å². The molecule has 0 spiro atoms. The number of ether oxygens (including phenoxy) is 1. The molecule has 0 unspecified atom stereocenters. The molecule has 102 valence electrons. The molecule has 0 aliphatic carbocycles. The van der Waals surface area contributed by atoms with Crippen LogP contribution in [0.5, 0.6) is 0 Å². The molecule has 1 aliphatic rings. The Morgan fingerprint density at radius 2 is 2.11 bits per heavy atom. The summed E-state index contributed by atoms with van der Waals surface area (Å²) in [7, 11) is 0. The Kier molecular flexibility index (Phi) is 4.52. The molecule has 2 atom stereocenters. The van der Waals surface area contributed by atoms with Gasteiger partial charge in [-0.05, 0) is 18.4 Å². The van der Waals surface area contributed by atoms with Crippen molar-refractivity contribution in [3.05, 3.63) is 35.9 Å². The van der Waals surface area contributed by atoms with E-state index in [0.717, 1.165) is 12.0 Å². The topological polar surface area (TPSA) is 75.6 Å². The van der Waals surface area contributed by atoms with E-state index < -0.39 is 18.1 Å². The first-order chi connectivity index (χ1) is 9.16. The molecule has 1 aromatic rings. The molecule has 0 bridgehead atoms. The summed E-state index contributed by atoms with van der Waals surface area (Å²) >= 11 is 0. The number of amides is 1. The van der Waals surface area contributed by atoms with Crippen molar-refractivity contribution in [2.45, 2.75) is 31.4 Å². The van der Waals surface area contributed by atoms with Gasteiger partial charge in [-0.3, -0.25) is 4.79 Å². The lowest BCUT2D eigenvalue weighted by Crippen LogP contribution is -2.46. The van der Waals surface area contributed by atoms with Crippen LogP contribution >= 0.6 is 0 Å². The minimum absolute atomic E-state index is 0.272. The van der Waals surface area contributed by atoms with E-state index in [1.54, 1.807) is 0 Å². The first-order valence-electron chi connectivity index (χ1n) is 6.35. The molecule has 2 N–H and O–H groups in total. The van der Waals surface area contributed by atoms with Crippen LogP contribution in [-0.4, -0.2) is 35.7 Å². The van der Waals surface area contributed by atoms with Crippen molar-refractivity contribution >= 4 is 11.9 Å². The van der Waals surface area contributed by atoms with Crippen LogP contribution < -0.4 is 5.32 Å². The SMILES string of the molecule is O=C(O)[C@@H](Cc1ccccc1)NC(=O)[C@H]1CCCO1. The number of carbonyl (C=O) groups excluding carboxylic acids is 1. The number of rotatable bonds is 5. The van der Waals surface area contributed by atoms with E-state index in [0.29, 0.717) is 13.0 Å². The Hall–Kier alpha value is -1.88. The third-order valence-electron chi connectivity index (χ3n) is 3.12. The smallest absolute Gasteiger partial charge is 0.326 e. The molecule has 1 fully saturated rings. The minimum atomic E-state index is -1.03. The van der Waals surface area contributed by atoms with Crippen molar-refractivity contribution in [1.29, 1.82) is 0 Å². The van der Waals surface area contributed by atoms with Crippen molar-refractivity contribution < 1.29 is 19.4 Å². The molecule has 5 heteroatoms. The summed E-state index contributed by atoms with van der Waals surface area (Å²) in [5.74, 6) is -1.36. The fourth-order valence-electron chi connectivity index (χ4n) is 2.10. The maximum absolute atomic E-state index is 11.9. The van der Waals surface area contributed by atoms with Gasteiger partial charge in [-0.1, -0.05) is 30.3 Å². The van der Waals surface area contributed by atoms with E-state index in [1.165, 1.54) is 0 Å². The molecule has 1 saturated heterocycles. The molecular weight excluding hydrogens is 246 g/mol. The van der Waals surface area contributed by atoms with E-state index in [1.807, 2.05) is 30.3 Å². The lowest BCUT2D eigenvalue weighted by atomic mass is 10.1. The number of carboxylic acids is 1. The fourth-order valence-corrected chi connectivity index (χ4v) is 2.10. The molecule has 1 heterocycles. The van der Waals surface area contributed by atoms with Crippen LogP contribution in [0, 0.1) is 0 Å². The zero-order valence-corrected chi connectivity index (χ0v) is 10.5. The minimum Gasteiger partial charge on any atom is -0.480 e. The van der Waals surface area contributed by atoms with Crippen LogP contribution in [0.1, 0.15) is 18.4 Å². The predicted molar refractivity (Wildman–Crippen MR) is 68.7 cm³/mol. The van der Waals surface area contributed by atoms with Gasteiger partial charge in [0.2, 0.25) is 5.91 Å². The highest BCUT2D eigenvalue weighted by atomic mass is 16.5. The molecule has 0 saturated carbocycles. The number of carboxylic acid groups (broad SMARTS) is 1. The average molecular weight is 263 g/mol. The van der Waals surface area contributed by atoms with Gasteiger partial charge in [0.15, 0.2) is 0 Å². The second kappa shape index (κ2) is 6.33. The number of aliphatic carboxylic acids is 1. The van der Waals surface area contributed by atoms with Gasteiger partial charge < -0.3 is 15.2 Å². The fraction of sp³-hybridized carbons (Fsp3) is 0.429. The first-order valence-corrected chi connectivity index (χ1v) is 6.35. The molecule has 19 heavy (non-hydrogen) atoms. The summed E-state index contributed by atoms with van der Waals surface area (Å²) in [5, 5.41) is 11.7. The van der Waals surface area contributed by atoms with E-state index in [9.17, 15) is 14.7 Å². The van der Waals surface area contributed by atoms with E-state index >= 15 is 0 Å². The first kappa shape index (κ1) is 13.5. The average Bonchev–Trinajstić information content (AvgIpc) is 2.93. The molecule has 1 aromatic carbocycles. The van der Waals surface area contributed by atoms with Gasteiger partial charge in [0.1, 0.15) is 12.1 Å². The Bertz CT molecular complexity index is 440. The largest absolute Gasteiger partial charge is 0.480 e. The normalized spacial score (nSPS) is 19.9. The highest BCUT2D eigenvalue weighted by Gasteiger charge is 2.28. The van der Waals surface area contributed by atoms with Gasteiger partial charge >= 0.3 is 5.97 Å². The standard InChI is InChI=1S/C14H17NO4/c16-13(12-7-4-8-19-12)15-11(14(17)18)9-10-5-2-1-3-6-10/h1-3,5-6,11-12H,4,7-9H2,(H,15,16)(H,17,18)/t11-,12-/m1/s1. The Balaban J connectivity index is 1.96. The molecule has 5 nitrogen and oxygen atoms in total. The highest BCUT2D eigenvalue weighted by molar-refractivity contribution is 5.86. The summed E-state index contributed by atoms with van der Waals surface area (Å²) in [6.45, 7) is 0.564. The van der Waals surface area contributed by atoms with Crippen molar-refractivity contribution in [2.75, 3.05) is 6.61 Å². The van der Waals surface area contributed by atoms with Gasteiger partial charge in [0, 0.05) is 13.0 Å². The highest BCUT2D eigenvalue weighted by Crippen LogP contribution is 2.12. The van der Waals surface area contributed by atoms with Gasteiger partial charge in [-0.15, -0.1) is 0 Å². The molecule has 0 aromatic heterocycles. The van der Waals surface area contributed by atoms with Crippen LogP contribution in [0.15, 0.2) is 30.3 Å². The van der Waals surface area contributed by atoms with Crippen molar-refractivity contribution in [3.8, 4) is 0 Å². The Morgan fingerprint density at radius 1 is 1.37 bits per heavy atom. The summed E-state index contributed by atoms with van der Waals surface area (Å²) in [5.41, 5.74) is 0.877. The number of benzene rings is 1. The van der Waals surface area contributed by atoms with E-state index in [-0.39, 0.29) is 12.3 Å². The summed E-state index contributed by atoms with van der Waals surface area (Å²) in [4.78, 5) is 23.0. The summed E-state index contributed by atoms with van der Waals surface area (Å²) in [6.07, 6.45) is 1.27. The van der Waals surface area contributed by atoms with Crippen LogP contribution in [-0.2, 0) is 20.7 Å².